The van der Waals surface area contributed by atoms with Gasteiger partial charge in [0.15, 0.2) is 11.8 Å². The molecule has 11 heteroatoms. The van der Waals surface area contributed by atoms with Crippen LogP contribution < -0.4 is 5.32 Å². The highest BCUT2D eigenvalue weighted by atomic mass is 16.8. The first-order valence-corrected chi connectivity index (χ1v) is 14.4. The van der Waals surface area contributed by atoms with Crippen LogP contribution in [0.2, 0.25) is 0 Å². The monoisotopic (exact) mass is 556 g/mol. The molecule has 6 atom stereocenters. The Morgan fingerprint density at radius 1 is 1.10 bits per heavy atom. The van der Waals surface area contributed by atoms with Crippen LogP contribution in [0.4, 0.5) is 0 Å². The maximum absolute atomic E-state index is 13.9. The van der Waals surface area contributed by atoms with E-state index < -0.39 is 47.6 Å². The van der Waals surface area contributed by atoms with Crippen molar-refractivity contribution in [3.8, 4) is 0 Å². The van der Waals surface area contributed by atoms with E-state index in [9.17, 15) is 14.7 Å². The molecule has 0 aromatic heterocycles. The average Bonchev–Trinajstić information content (AvgIpc) is 3.90. The summed E-state index contributed by atoms with van der Waals surface area (Å²) in [7, 11) is 0. The van der Waals surface area contributed by atoms with Gasteiger partial charge in [0.25, 0.3) is 0 Å². The van der Waals surface area contributed by atoms with Gasteiger partial charge in [0, 0.05) is 24.8 Å². The van der Waals surface area contributed by atoms with Crippen molar-refractivity contribution in [2.45, 2.75) is 74.9 Å². The van der Waals surface area contributed by atoms with Crippen LogP contribution in [0.15, 0.2) is 30.5 Å². The van der Waals surface area contributed by atoms with Gasteiger partial charge < -0.3 is 34.5 Å². The molecule has 3 aliphatic carbocycles. The fourth-order valence-electron chi connectivity index (χ4n) is 7.25. The SMILES string of the molecule is O=C1O[C@@H]2C[C@@]3(C(=O)NCCO)[C@H](ON(Cc4ccccc4C=COCCO)[C@@H]13)[C@H]1OC(C3CC3)(C3CC3)O[C@H]12. The molecule has 3 saturated carbocycles. The molecule has 216 valence electrons. The number of benzene rings is 1. The third-order valence-corrected chi connectivity index (χ3v) is 9.24. The van der Waals surface area contributed by atoms with Crippen molar-refractivity contribution in [2.75, 3.05) is 26.4 Å². The van der Waals surface area contributed by atoms with Gasteiger partial charge in [-0.3, -0.25) is 14.4 Å². The lowest BCUT2D eigenvalue weighted by Gasteiger charge is -2.48. The molecule has 3 N–H and O–H groups in total. The summed E-state index contributed by atoms with van der Waals surface area (Å²) in [5.74, 6) is -0.959. The van der Waals surface area contributed by atoms with Crippen molar-refractivity contribution in [1.82, 2.24) is 10.4 Å². The zero-order chi connectivity index (χ0) is 27.5. The van der Waals surface area contributed by atoms with E-state index in [4.69, 9.17) is 28.9 Å². The predicted molar refractivity (Wildman–Crippen MR) is 138 cm³/mol. The first-order valence-electron chi connectivity index (χ1n) is 14.4. The summed E-state index contributed by atoms with van der Waals surface area (Å²) in [6.07, 6.45) is 5.27. The standard InChI is InChI=1S/C29H36N2O9/c32-11-10-30-27(35)28-15-21-22-23(39-29(38-22,19-5-6-19)20-7-8-20)25(28)40-31(24(28)26(34)37-21)16-18-4-2-1-3-17(18)9-13-36-14-12-33/h1-4,9,13,19-25,32-33H,5-8,10-12,14-16H2,(H,30,35)/t21-,22+,23+,24+,25-,28+/m1/s1. The van der Waals surface area contributed by atoms with Crippen LogP contribution in [0.5, 0.6) is 0 Å². The van der Waals surface area contributed by atoms with Gasteiger partial charge in [-0.1, -0.05) is 24.3 Å². The fraction of sp³-hybridized carbons (Fsp3) is 0.655. The molecule has 3 saturated heterocycles. The molecule has 40 heavy (non-hydrogen) atoms. The normalized spacial score (nSPS) is 36.0. The second-order valence-corrected chi connectivity index (χ2v) is 11.7. The van der Waals surface area contributed by atoms with Crippen molar-refractivity contribution >= 4 is 18.0 Å². The second-order valence-electron chi connectivity index (χ2n) is 11.7. The molecule has 0 spiro atoms. The Bertz CT molecular complexity index is 1170. The Morgan fingerprint density at radius 2 is 1.85 bits per heavy atom. The van der Waals surface area contributed by atoms with E-state index >= 15 is 0 Å². The van der Waals surface area contributed by atoms with Crippen molar-refractivity contribution in [3.05, 3.63) is 41.7 Å². The lowest BCUT2D eigenvalue weighted by Crippen LogP contribution is -2.69. The van der Waals surface area contributed by atoms with Crippen molar-refractivity contribution < 1.29 is 43.6 Å². The first kappa shape index (κ1) is 26.4. The van der Waals surface area contributed by atoms with Gasteiger partial charge in [-0.05, 0) is 42.9 Å². The third kappa shape index (κ3) is 4.09. The Morgan fingerprint density at radius 3 is 2.58 bits per heavy atom. The largest absolute Gasteiger partial charge is 0.499 e. The molecular formula is C29H36N2O9. The van der Waals surface area contributed by atoms with Gasteiger partial charge in [0.2, 0.25) is 5.91 Å². The van der Waals surface area contributed by atoms with Crippen LogP contribution in [0.1, 0.15) is 43.2 Å². The van der Waals surface area contributed by atoms with Crippen LogP contribution in [0, 0.1) is 17.3 Å². The zero-order valence-electron chi connectivity index (χ0n) is 22.3. The molecule has 7 rings (SSSR count). The third-order valence-electron chi connectivity index (χ3n) is 9.24. The van der Waals surface area contributed by atoms with E-state index in [1.165, 1.54) is 6.26 Å². The van der Waals surface area contributed by atoms with Gasteiger partial charge in [-0.2, -0.15) is 5.06 Å². The lowest BCUT2D eigenvalue weighted by atomic mass is 9.62. The van der Waals surface area contributed by atoms with Crippen LogP contribution in [-0.4, -0.2) is 89.8 Å². The molecule has 3 heterocycles. The minimum Gasteiger partial charge on any atom is -0.499 e. The number of ether oxygens (including phenoxy) is 4. The number of amides is 1. The number of hydrogen-bond acceptors (Lipinski definition) is 10. The van der Waals surface area contributed by atoms with E-state index in [1.807, 2.05) is 24.3 Å². The van der Waals surface area contributed by atoms with Gasteiger partial charge in [0.05, 0.1) is 26.0 Å². The maximum Gasteiger partial charge on any atom is 0.327 e. The molecule has 6 aliphatic rings. The quantitative estimate of drug-likeness (QED) is 0.205. The highest BCUT2D eigenvalue weighted by Crippen LogP contribution is 2.63. The van der Waals surface area contributed by atoms with Crippen LogP contribution in [-0.2, 0) is 39.9 Å². The summed E-state index contributed by atoms with van der Waals surface area (Å²) >= 11 is 0. The summed E-state index contributed by atoms with van der Waals surface area (Å²) < 4.78 is 24.9. The van der Waals surface area contributed by atoms with Crippen LogP contribution in [0.25, 0.3) is 6.08 Å². The van der Waals surface area contributed by atoms with Crippen molar-refractivity contribution in [1.29, 1.82) is 0 Å². The van der Waals surface area contributed by atoms with Crippen molar-refractivity contribution in [2.24, 2.45) is 17.3 Å². The highest BCUT2D eigenvalue weighted by molar-refractivity contribution is 5.93. The predicted octanol–water partition coefficient (Wildman–Crippen LogP) is 0.875. The van der Waals surface area contributed by atoms with Gasteiger partial charge in [0.1, 0.15) is 36.4 Å². The van der Waals surface area contributed by atoms with Gasteiger partial charge in [-0.25, -0.2) is 0 Å². The Balaban J connectivity index is 1.24. The van der Waals surface area contributed by atoms with E-state index in [-0.39, 0.29) is 45.2 Å². The van der Waals surface area contributed by atoms with E-state index in [0.29, 0.717) is 11.8 Å². The molecule has 11 nitrogen and oxygen atoms in total. The molecule has 1 aromatic carbocycles. The highest BCUT2D eigenvalue weighted by Gasteiger charge is 2.78. The molecule has 2 bridgehead atoms. The molecular weight excluding hydrogens is 520 g/mol. The van der Waals surface area contributed by atoms with Crippen molar-refractivity contribution in [3.63, 3.8) is 0 Å². The molecule has 6 fully saturated rings. The summed E-state index contributed by atoms with van der Waals surface area (Å²) in [5.41, 5.74) is 0.452. The van der Waals surface area contributed by atoms with Gasteiger partial charge in [-0.15, -0.1) is 0 Å². The van der Waals surface area contributed by atoms with Gasteiger partial charge >= 0.3 is 5.97 Å². The molecule has 3 aliphatic heterocycles. The van der Waals surface area contributed by atoms with Crippen LogP contribution >= 0.6 is 0 Å². The topological polar surface area (TPSA) is 136 Å². The number of aliphatic hydroxyl groups excluding tert-OH is 2. The summed E-state index contributed by atoms with van der Waals surface area (Å²) in [6.45, 7) is 0.165. The maximum atomic E-state index is 13.9. The summed E-state index contributed by atoms with van der Waals surface area (Å²) in [4.78, 5) is 34.2. The molecule has 0 unspecified atom stereocenters. The summed E-state index contributed by atoms with van der Waals surface area (Å²) in [6, 6.07) is 6.64. The number of carbonyl (C=O) groups excluding carboxylic acids is 2. The number of hydrogen-bond donors (Lipinski definition) is 3. The smallest absolute Gasteiger partial charge is 0.327 e. The number of fused-ring (bicyclic) bond motifs is 4. The minimum atomic E-state index is -1.25. The minimum absolute atomic E-state index is 0.0702. The number of nitrogens with one attached hydrogen (secondary N) is 1. The van der Waals surface area contributed by atoms with E-state index in [2.05, 4.69) is 5.32 Å². The molecule has 1 aromatic rings. The Kier molecular flexibility index (Phi) is 6.64. The van der Waals surface area contributed by atoms with E-state index in [0.717, 1.165) is 36.8 Å². The number of hydroxylamine groups is 2. The number of esters is 1. The van der Waals surface area contributed by atoms with Crippen LogP contribution in [0.3, 0.4) is 0 Å². The Labute approximate surface area is 232 Å². The summed E-state index contributed by atoms with van der Waals surface area (Å²) in [5, 5.41) is 22.8. The zero-order valence-corrected chi connectivity index (χ0v) is 22.3. The fourth-order valence-corrected chi connectivity index (χ4v) is 7.25. The average molecular weight is 557 g/mol. The second kappa shape index (κ2) is 10.1. The number of carbonyl (C=O) groups is 2. The molecule has 0 radical (unpaired) electrons. The number of aliphatic hydroxyl groups is 2. The lowest BCUT2D eigenvalue weighted by molar-refractivity contribution is -0.235. The Hall–Kier alpha value is -2.54. The first-order chi connectivity index (χ1) is 19.5. The van der Waals surface area contributed by atoms with E-state index in [1.54, 1.807) is 11.1 Å². The number of nitrogens with zero attached hydrogens (tertiary/aromatic N) is 1. The molecule has 1 amide bonds. The number of rotatable bonds is 11.